The summed E-state index contributed by atoms with van der Waals surface area (Å²) in [5.74, 6) is 1.25. The van der Waals surface area contributed by atoms with E-state index in [4.69, 9.17) is 19.9 Å². The third-order valence-electron chi connectivity index (χ3n) is 6.19. The first-order valence-corrected chi connectivity index (χ1v) is 10.7. The van der Waals surface area contributed by atoms with Gasteiger partial charge in [-0.05, 0) is 37.1 Å². The van der Waals surface area contributed by atoms with Crippen molar-refractivity contribution in [2.75, 3.05) is 39.1 Å². The number of hydrogen-bond acceptors (Lipinski definition) is 7. The van der Waals surface area contributed by atoms with Crippen LogP contribution in [0.25, 0.3) is 22.2 Å². The molecular weight excluding hydrogens is 439 g/mol. The second-order valence-corrected chi connectivity index (χ2v) is 8.35. The highest BCUT2D eigenvalue weighted by Gasteiger charge is 2.35. The lowest BCUT2D eigenvalue weighted by atomic mass is 9.90. The first-order valence-electron chi connectivity index (χ1n) is 10.7. The van der Waals surface area contributed by atoms with Gasteiger partial charge in [0.2, 0.25) is 0 Å². The van der Waals surface area contributed by atoms with E-state index in [1.807, 2.05) is 19.1 Å². The summed E-state index contributed by atoms with van der Waals surface area (Å²) in [4.78, 5) is 2.09. The van der Waals surface area contributed by atoms with Crippen LogP contribution in [0.5, 0.6) is 11.5 Å². The smallest absolute Gasteiger partial charge is 0.497 e. The third-order valence-corrected chi connectivity index (χ3v) is 6.19. The van der Waals surface area contributed by atoms with E-state index in [9.17, 15) is 13.2 Å². The van der Waals surface area contributed by atoms with Crippen LogP contribution < -0.4 is 15.2 Å². The van der Waals surface area contributed by atoms with Crippen molar-refractivity contribution >= 4 is 16.7 Å². The normalized spacial score (nSPS) is 21.6. The number of morpholine rings is 1. The first kappa shape index (κ1) is 21.8. The summed E-state index contributed by atoms with van der Waals surface area (Å²) in [5, 5.41) is 7.11. The molecule has 2 aliphatic heterocycles. The van der Waals surface area contributed by atoms with Gasteiger partial charge in [-0.2, -0.15) is 0 Å². The summed E-state index contributed by atoms with van der Waals surface area (Å²) < 4.78 is 56.5. The number of fused-ring (bicyclic) bond motifs is 2. The van der Waals surface area contributed by atoms with Gasteiger partial charge >= 0.3 is 6.30 Å². The quantitative estimate of drug-likeness (QED) is 0.597. The van der Waals surface area contributed by atoms with Crippen molar-refractivity contribution in [1.29, 1.82) is 0 Å². The van der Waals surface area contributed by atoms with Gasteiger partial charge in [0.25, 0.3) is 0 Å². The van der Waals surface area contributed by atoms with Gasteiger partial charge in [0, 0.05) is 36.3 Å². The minimum Gasteiger partial charge on any atom is -0.497 e. The van der Waals surface area contributed by atoms with E-state index in [1.54, 1.807) is 13.2 Å². The maximum absolute atomic E-state index is 13.1. The van der Waals surface area contributed by atoms with Crippen LogP contribution in [-0.2, 0) is 17.5 Å². The minimum absolute atomic E-state index is 0.00308. The monoisotopic (exact) mass is 463 g/mol. The number of aromatic nitrogens is 3. The maximum Gasteiger partial charge on any atom is 0.521 e. The SMILES string of the molecule is COc1cc2c(c(-c3ccc4nn(C(F)(F)F)nc4c3N)c1)C[C@@H](N1CCO[C@H](C)C1)CO2. The molecule has 11 heteroatoms. The Labute approximate surface area is 188 Å². The van der Waals surface area contributed by atoms with Gasteiger partial charge in [-0.3, -0.25) is 4.90 Å². The van der Waals surface area contributed by atoms with Crippen molar-refractivity contribution in [1.82, 2.24) is 19.9 Å². The first-order chi connectivity index (χ1) is 15.7. The van der Waals surface area contributed by atoms with E-state index in [-0.39, 0.29) is 33.7 Å². The predicted molar refractivity (Wildman–Crippen MR) is 115 cm³/mol. The molecule has 0 saturated carbocycles. The fourth-order valence-corrected chi connectivity index (χ4v) is 4.56. The number of rotatable bonds is 3. The number of nitrogen functional groups attached to an aromatic ring is 1. The van der Waals surface area contributed by atoms with Crippen LogP contribution in [-0.4, -0.2) is 65.5 Å². The number of methoxy groups -OCH3 is 1. The Kier molecular flexibility index (Phi) is 5.32. The Hall–Kier alpha value is -3.05. The molecule has 0 amide bonds. The van der Waals surface area contributed by atoms with Gasteiger partial charge in [-0.25, -0.2) is 0 Å². The van der Waals surface area contributed by atoms with Crippen LogP contribution in [0, 0.1) is 0 Å². The van der Waals surface area contributed by atoms with E-state index in [0.717, 1.165) is 24.2 Å². The number of anilines is 1. The zero-order valence-corrected chi connectivity index (χ0v) is 18.2. The highest BCUT2D eigenvalue weighted by Crippen LogP contribution is 2.42. The van der Waals surface area contributed by atoms with Crippen molar-refractivity contribution < 1.29 is 27.4 Å². The summed E-state index contributed by atoms with van der Waals surface area (Å²) in [5.41, 5.74) is 8.77. The number of ether oxygens (including phenoxy) is 3. The van der Waals surface area contributed by atoms with Crippen LogP contribution in [0.2, 0.25) is 0 Å². The highest BCUT2D eigenvalue weighted by atomic mass is 19.4. The second kappa shape index (κ2) is 8.07. The molecule has 1 saturated heterocycles. The summed E-state index contributed by atoms with van der Waals surface area (Å²) in [7, 11) is 1.55. The topological polar surface area (TPSA) is 87.7 Å². The van der Waals surface area contributed by atoms with E-state index in [1.165, 1.54) is 6.07 Å². The Morgan fingerprint density at radius 2 is 2.00 bits per heavy atom. The maximum atomic E-state index is 13.1. The fraction of sp³-hybridized carbons (Fsp3) is 0.455. The largest absolute Gasteiger partial charge is 0.521 e. The molecule has 3 heterocycles. The summed E-state index contributed by atoms with van der Waals surface area (Å²) in [6.07, 6.45) is -3.88. The van der Waals surface area contributed by atoms with Gasteiger partial charge in [0.05, 0.1) is 25.5 Å². The van der Waals surface area contributed by atoms with E-state index < -0.39 is 6.30 Å². The fourth-order valence-electron chi connectivity index (χ4n) is 4.56. The van der Waals surface area contributed by atoms with E-state index in [2.05, 4.69) is 15.1 Å². The molecule has 0 spiro atoms. The van der Waals surface area contributed by atoms with Gasteiger partial charge in [-0.15, -0.1) is 23.4 Å². The lowest BCUT2D eigenvalue weighted by Crippen LogP contribution is -2.51. The Bertz CT molecular complexity index is 1200. The van der Waals surface area contributed by atoms with Gasteiger partial charge < -0.3 is 19.9 Å². The molecule has 0 bridgehead atoms. The molecular formula is C22H24F3N5O3. The molecule has 5 rings (SSSR count). The molecule has 2 atom stereocenters. The molecule has 2 aromatic carbocycles. The van der Waals surface area contributed by atoms with Crippen LogP contribution in [0.15, 0.2) is 24.3 Å². The molecule has 3 aromatic rings. The van der Waals surface area contributed by atoms with Crippen LogP contribution in [0.4, 0.5) is 18.9 Å². The van der Waals surface area contributed by atoms with Crippen molar-refractivity contribution in [3.8, 4) is 22.6 Å². The molecule has 0 aliphatic carbocycles. The number of halogens is 3. The number of nitrogens with two attached hydrogens (primary N) is 1. The standard InChI is InChI=1S/C22H24F3N5O3/c1-12-10-29(5-6-32-12)13-7-17-16(8-14(31-2)9-19(17)33-11-13)15-3-4-18-21(20(15)26)28-30(27-18)22(23,24)25/h3-4,8-9,12-13H,5-7,10-11,26H2,1-2H3/t12-,13-/m1/s1. The Morgan fingerprint density at radius 3 is 2.73 bits per heavy atom. The summed E-state index contributed by atoms with van der Waals surface area (Å²) >= 11 is 0. The number of alkyl halides is 3. The highest BCUT2D eigenvalue weighted by molar-refractivity contribution is 5.97. The van der Waals surface area contributed by atoms with Crippen LogP contribution >= 0.6 is 0 Å². The molecule has 176 valence electrons. The Morgan fingerprint density at radius 1 is 1.18 bits per heavy atom. The molecule has 0 radical (unpaired) electrons. The number of benzene rings is 2. The molecule has 0 unspecified atom stereocenters. The average molecular weight is 463 g/mol. The molecule has 8 nitrogen and oxygen atoms in total. The molecule has 33 heavy (non-hydrogen) atoms. The van der Waals surface area contributed by atoms with E-state index in [0.29, 0.717) is 36.7 Å². The third kappa shape index (κ3) is 3.95. The minimum atomic E-state index is -4.73. The van der Waals surface area contributed by atoms with Gasteiger partial charge in [0.15, 0.2) is 0 Å². The number of hydrogen-bond donors (Lipinski definition) is 1. The van der Waals surface area contributed by atoms with Crippen molar-refractivity contribution in [3.05, 3.63) is 29.8 Å². The zero-order valence-electron chi connectivity index (χ0n) is 18.2. The van der Waals surface area contributed by atoms with Crippen molar-refractivity contribution in [3.63, 3.8) is 0 Å². The lowest BCUT2D eigenvalue weighted by molar-refractivity contribution is -0.220. The molecule has 1 fully saturated rings. The number of nitrogens with zero attached hydrogens (tertiary/aromatic N) is 4. The second-order valence-electron chi connectivity index (χ2n) is 8.35. The lowest BCUT2D eigenvalue weighted by Gasteiger charge is -2.39. The summed E-state index contributed by atoms with van der Waals surface area (Å²) in [6.45, 7) is 4.86. The molecule has 1 aromatic heterocycles. The summed E-state index contributed by atoms with van der Waals surface area (Å²) in [6, 6.07) is 6.96. The van der Waals surface area contributed by atoms with Gasteiger partial charge in [0.1, 0.15) is 29.1 Å². The van der Waals surface area contributed by atoms with Gasteiger partial charge in [-0.1, -0.05) is 4.80 Å². The van der Waals surface area contributed by atoms with Crippen LogP contribution in [0.3, 0.4) is 0 Å². The Balaban J connectivity index is 1.59. The molecule has 2 aliphatic rings. The van der Waals surface area contributed by atoms with E-state index >= 15 is 0 Å². The molecule has 2 N–H and O–H groups in total. The zero-order chi connectivity index (χ0) is 23.3. The van der Waals surface area contributed by atoms with Crippen molar-refractivity contribution in [2.24, 2.45) is 0 Å². The predicted octanol–water partition coefficient (Wildman–Crippen LogP) is 3.19. The average Bonchev–Trinajstić information content (AvgIpc) is 3.24. The van der Waals surface area contributed by atoms with Crippen LogP contribution in [0.1, 0.15) is 12.5 Å². The van der Waals surface area contributed by atoms with Crippen molar-refractivity contribution in [2.45, 2.75) is 31.8 Å².